The van der Waals surface area contributed by atoms with E-state index in [4.69, 9.17) is 9.47 Å². The van der Waals surface area contributed by atoms with Crippen molar-refractivity contribution in [2.75, 3.05) is 39.2 Å². The zero-order valence-electron chi connectivity index (χ0n) is 20.4. The highest BCUT2D eigenvalue weighted by Gasteiger charge is 2.29. The zero-order chi connectivity index (χ0) is 24.1. The van der Waals surface area contributed by atoms with Gasteiger partial charge in [-0.3, -0.25) is 14.4 Å². The summed E-state index contributed by atoms with van der Waals surface area (Å²) in [5.41, 5.74) is 0.963. The van der Waals surface area contributed by atoms with Crippen molar-refractivity contribution in [1.29, 1.82) is 0 Å². The quantitative estimate of drug-likeness (QED) is 0.750. The lowest BCUT2D eigenvalue weighted by atomic mass is 10.0. The van der Waals surface area contributed by atoms with Gasteiger partial charge in [-0.05, 0) is 38.0 Å². The number of methoxy groups -OCH3 is 1. The van der Waals surface area contributed by atoms with Crippen LogP contribution in [0.4, 0.5) is 5.69 Å². The van der Waals surface area contributed by atoms with E-state index < -0.39 is 0 Å². The Morgan fingerprint density at radius 2 is 1.85 bits per heavy atom. The molecule has 0 unspecified atom stereocenters. The molecule has 0 bridgehead atoms. The second-order valence-corrected chi connectivity index (χ2v) is 9.45. The molecule has 2 aliphatic rings. The number of amides is 3. The van der Waals surface area contributed by atoms with Gasteiger partial charge in [-0.15, -0.1) is 0 Å². The molecule has 0 radical (unpaired) electrons. The summed E-state index contributed by atoms with van der Waals surface area (Å²) in [7, 11) is 3.35. The van der Waals surface area contributed by atoms with Crippen molar-refractivity contribution in [1.82, 2.24) is 9.80 Å². The van der Waals surface area contributed by atoms with Crippen molar-refractivity contribution in [3.63, 3.8) is 0 Å². The Morgan fingerprint density at radius 3 is 2.48 bits per heavy atom. The summed E-state index contributed by atoms with van der Waals surface area (Å²) < 4.78 is 11.7. The lowest BCUT2D eigenvalue weighted by Crippen LogP contribution is -2.48. The van der Waals surface area contributed by atoms with Gasteiger partial charge in [0.1, 0.15) is 12.4 Å². The van der Waals surface area contributed by atoms with Crippen LogP contribution in [0.1, 0.15) is 56.8 Å². The molecule has 3 rings (SSSR count). The molecule has 8 heteroatoms. The van der Waals surface area contributed by atoms with Crippen molar-refractivity contribution < 1.29 is 23.9 Å². The highest BCUT2D eigenvalue weighted by molar-refractivity contribution is 5.99. The van der Waals surface area contributed by atoms with Crippen LogP contribution in [0.25, 0.3) is 0 Å². The molecule has 0 saturated heterocycles. The third kappa shape index (κ3) is 6.05. The van der Waals surface area contributed by atoms with E-state index in [0.29, 0.717) is 30.1 Å². The number of anilines is 1. The van der Waals surface area contributed by atoms with E-state index in [9.17, 15) is 14.4 Å². The number of carbonyl (C=O) groups is 3. The third-order valence-electron chi connectivity index (χ3n) is 6.84. The summed E-state index contributed by atoms with van der Waals surface area (Å²) in [5.74, 6) is 0.257. The number of likely N-dealkylation sites (N-methyl/N-ethyl adjacent to an activating group) is 1. The van der Waals surface area contributed by atoms with Gasteiger partial charge in [0, 0.05) is 51.7 Å². The first-order valence-corrected chi connectivity index (χ1v) is 11.8. The fourth-order valence-corrected chi connectivity index (χ4v) is 4.73. The van der Waals surface area contributed by atoms with Crippen molar-refractivity contribution in [3.05, 3.63) is 23.8 Å². The smallest absolute Gasteiger partial charge is 0.257 e. The van der Waals surface area contributed by atoms with Crippen molar-refractivity contribution in [3.8, 4) is 5.75 Å². The summed E-state index contributed by atoms with van der Waals surface area (Å²) in [4.78, 5) is 41.7. The molecule has 0 aromatic heterocycles. The molecule has 0 spiro atoms. The minimum atomic E-state index is -0.234. The second kappa shape index (κ2) is 11.0. The number of fused-ring (bicyclic) bond motifs is 1. The number of carbonyl (C=O) groups excluding carboxylic acids is 3. The maximum atomic E-state index is 13.4. The predicted molar refractivity (Wildman–Crippen MR) is 126 cm³/mol. The number of ether oxygens (including phenoxy) is 2. The predicted octanol–water partition coefficient (Wildman–Crippen LogP) is 3.17. The number of nitrogens with zero attached hydrogens (tertiary/aromatic N) is 2. The van der Waals surface area contributed by atoms with Crippen LogP contribution in [0.5, 0.6) is 5.75 Å². The van der Waals surface area contributed by atoms with Crippen molar-refractivity contribution in [2.45, 2.75) is 58.6 Å². The number of hydrogen-bond acceptors (Lipinski definition) is 5. The molecule has 1 heterocycles. The second-order valence-electron chi connectivity index (χ2n) is 9.45. The molecular formula is C25H37N3O5. The first-order chi connectivity index (χ1) is 15.7. The van der Waals surface area contributed by atoms with Crippen LogP contribution in [0.2, 0.25) is 0 Å². The van der Waals surface area contributed by atoms with Gasteiger partial charge < -0.3 is 24.6 Å². The van der Waals surface area contributed by atoms with Gasteiger partial charge in [-0.1, -0.05) is 19.8 Å². The van der Waals surface area contributed by atoms with E-state index in [2.05, 4.69) is 5.32 Å². The van der Waals surface area contributed by atoms with E-state index in [0.717, 1.165) is 25.7 Å². The summed E-state index contributed by atoms with van der Waals surface area (Å²) in [6, 6.07) is 4.99. The Labute approximate surface area is 196 Å². The number of hydrogen-bond donors (Lipinski definition) is 1. The Bertz CT molecular complexity index is 868. The van der Waals surface area contributed by atoms with Crippen LogP contribution < -0.4 is 10.1 Å². The summed E-state index contributed by atoms with van der Waals surface area (Å²) in [6.45, 7) is 6.65. The van der Waals surface area contributed by atoms with E-state index in [1.807, 2.05) is 13.8 Å². The highest BCUT2D eigenvalue weighted by atomic mass is 16.5. The normalized spacial score (nSPS) is 25.0. The van der Waals surface area contributed by atoms with Crippen LogP contribution in [0.3, 0.4) is 0 Å². The van der Waals surface area contributed by atoms with E-state index in [1.165, 1.54) is 0 Å². The van der Waals surface area contributed by atoms with Crippen LogP contribution in [-0.4, -0.2) is 73.5 Å². The van der Waals surface area contributed by atoms with E-state index in [-0.39, 0.29) is 48.3 Å². The minimum Gasteiger partial charge on any atom is -0.491 e. The molecule has 1 N–H and O–H groups in total. The number of rotatable bonds is 3. The molecule has 1 aromatic rings. The van der Waals surface area contributed by atoms with Gasteiger partial charge in [0.15, 0.2) is 0 Å². The minimum absolute atomic E-state index is 0.00122. The Morgan fingerprint density at radius 1 is 1.15 bits per heavy atom. The van der Waals surface area contributed by atoms with Gasteiger partial charge >= 0.3 is 0 Å². The average Bonchev–Trinajstić information content (AvgIpc) is 3.33. The Balaban J connectivity index is 1.91. The first-order valence-electron chi connectivity index (χ1n) is 11.8. The molecular weight excluding hydrogens is 422 g/mol. The Kier molecular flexibility index (Phi) is 8.35. The van der Waals surface area contributed by atoms with Gasteiger partial charge in [0.05, 0.1) is 17.7 Å². The fraction of sp³-hybridized carbons (Fsp3) is 0.640. The average molecular weight is 460 g/mol. The molecule has 1 saturated carbocycles. The standard InChI is InChI=1S/C25H37N3O5/c1-16-13-28(18(3)29)17(2)15-33-22-11-10-20(26-24(30)19-8-6-7-9-19)12-21(22)25(31)27(4)14-23(16)32-5/h10-12,16-17,19,23H,6-9,13-15H2,1-5H3,(H,26,30)/t16-,17+,23-/m0/s1. The SMILES string of the molecule is CO[C@H]1CN(C)C(=O)c2cc(NC(=O)C3CCCC3)ccc2OC[C@@H](C)N(C(C)=O)C[C@@H]1C. The maximum absolute atomic E-state index is 13.4. The largest absolute Gasteiger partial charge is 0.491 e. The van der Waals surface area contributed by atoms with E-state index >= 15 is 0 Å². The van der Waals surface area contributed by atoms with Gasteiger partial charge in [0.25, 0.3) is 5.91 Å². The molecule has 1 aromatic carbocycles. The van der Waals surface area contributed by atoms with Crippen molar-refractivity contribution in [2.24, 2.45) is 11.8 Å². The van der Waals surface area contributed by atoms with Crippen LogP contribution in [-0.2, 0) is 14.3 Å². The number of benzene rings is 1. The lowest BCUT2D eigenvalue weighted by Gasteiger charge is -2.35. The first kappa shape index (κ1) is 25.0. The molecule has 1 aliphatic heterocycles. The molecule has 3 atom stereocenters. The number of nitrogens with one attached hydrogen (secondary N) is 1. The van der Waals surface area contributed by atoms with Gasteiger partial charge in [-0.25, -0.2) is 0 Å². The summed E-state index contributed by atoms with van der Waals surface area (Å²) in [5, 5.41) is 2.97. The van der Waals surface area contributed by atoms with Crippen LogP contribution in [0, 0.1) is 11.8 Å². The lowest BCUT2D eigenvalue weighted by molar-refractivity contribution is -0.133. The molecule has 1 aliphatic carbocycles. The maximum Gasteiger partial charge on any atom is 0.257 e. The van der Waals surface area contributed by atoms with Crippen LogP contribution >= 0.6 is 0 Å². The fourth-order valence-electron chi connectivity index (χ4n) is 4.73. The zero-order valence-corrected chi connectivity index (χ0v) is 20.4. The molecule has 8 nitrogen and oxygen atoms in total. The van der Waals surface area contributed by atoms with Gasteiger partial charge in [0.2, 0.25) is 11.8 Å². The summed E-state index contributed by atoms with van der Waals surface area (Å²) >= 11 is 0. The summed E-state index contributed by atoms with van der Waals surface area (Å²) in [6.07, 6.45) is 3.73. The van der Waals surface area contributed by atoms with Crippen LogP contribution in [0.15, 0.2) is 18.2 Å². The molecule has 182 valence electrons. The molecule has 3 amide bonds. The van der Waals surface area contributed by atoms with Crippen molar-refractivity contribution >= 4 is 23.4 Å². The van der Waals surface area contributed by atoms with E-state index in [1.54, 1.807) is 49.1 Å². The Hall–Kier alpha value is -2.61. The molecule has 1 fully saturated rings. The third-order valence-corrected chi connectivity index (χ3v) is 6.84. The topological polar surface area (TPSA) is 88.2 Å². The molecule has 33 heavy (non-hydrogen) atoms. The van der Waals surface area contributed by atoms with Gasteiger partial charge in [-0.2, -0.15) is 0 Å². The highest BCUT2D eigenvalue weighted by Crippen LogP contribution is 2.29. The monoisotopic (exact) mass is 459 g/mol.